The topological polar surface area (TPSA) is 68.2 Å². The first-order valence-electron chi connectivity index (χ1n) is 5.69. The van der Waals surface area contributed by atoms with Crippen LogP contribution in [0.3, 0.4) is 0 Å². The SMILES string of the molecule is CC1(O)CCC(n2cccc(N)c2=O)CC1. The molecule has 0 bridgehead atoms. The summed E-state index contributed by atoms with van der Waals surface area (Å²) in [5.74, 6) is 0. The average Bonchev–Trinajstić information content (AvgIpc) is 2.23. The maximum absolute atomic E-state index is 11.8. The van der Waals surface area contributed by atoms with Crippen molar-refractivity contribution in [3.05, 3.63) is 28.7 Å². The molecule has 88 valence electrons. The van der Waals surface area contributed by atoms with Crippen LogP contribution >= 0.6 is 0 Å². The molecule has 0 atom stereocenters. The molecule has 0 amide bonds. The van der Waals surface area contributed by atoms with Crippen LogP contribution in [-0.2, 0) is 0 Å². The van der Waals surface area contributed by atoms with Gasteiger partial charge >= 0.3 is 0 Å². The molecule has 1 heterocycles. The smallest absolute Gasteiger partial charge is 0.273 e. The molecule has 0 aliphatic heterocycles. The second-order valence-electron chi connectivity index (χ2n) is 4.90. The summed E-state index contributed by atoms with van der Waals surface area (Å²) in [5, 5.41) is 9.85. The van der Waals surface area contributed by atoms with Gasteiger partial charge in [-0.3, -0.25) is 4.79 Å². The first-order valence-corrected chi connectivity index (χ1v) is 5.69. The highest BCUT2D eigenvalue weighted by atomic mass is 16.3. The van der Waals surface area contributed by atoms with Gasteiger partial charge in [0, 0.05) is 12.2 Å². The Morgan fingerprint density at radius 3 is 2.75 bits per heavy atom. The lowest BCUT2D eigenvalue weighted by Crippen LogP contribution is -2.35. The second kappa shape index (κ2) is 3.94. The van der Waals surface area contributed by atoms with Gasteiger partial charge in [-0.2, -0.15) is 0 Å². The lowest BCUT2D eigenvalue weighted by Gasteiger charge is -2.33. The van der Waals surface area contributed by atoms with Crippen LogP contribution in [0, 0.1) is 0 Å². The van der Waals surface area contributed by atoms with Crippen LogP contribution in [-0.4, -0.2) is 15.3 Å². The van der Waals surface area contributed by atoms with Crippen molar-refractivity contribution < 1.29 is 5.11 Å². The fraction of sp³-hybridized carbons (Fsp3) is 0.583. The van der Waals surface area contributed by atoms with E-state index >= 15 is 0 Å². The van der Waals surface area contributed by atoms with Crippen LogP contribution in [0.1, 0.15) is 38.6 Å². The predicted molar refractivity (Wildman–Crippen MR) is 63.2 cm³/mol. The molecule has 1 fully saturated rings. The van der Waals surface area contributed by atoms with Crippen molar-refractivity contribution in [3.8, 4) is 0 Å². The largest absolute Gasteiger partial charge is 0.394 e. The van der Waals surface area contributed by atoms with E-state index in [9.17, 15) is 9.90 Å². The molecule has 1 aliphatic rings. The molecule has 16 heavy (non-hydrogen) atoms. The molecule has 0 radical (unpaired) electrons. The van der Waals surface area contributed by atoms with E-state index in [1.54, 1.807) is 22.9 Å². The third-order valence-electron chi connectivity index (χ3n) is 3.43. The Morgan fingerprint density at radius 2 is 2.12 bits per heavy atom. The zero-order valence-corrected chi connectivity index (χ0v) is 9.52. The number of pyridine rings is 1. The first-order chi connectivity index (χ1) is 7.49. The molecule has 1 aromatic rings. The van der Waals surface area contributed by atoms with Crippen molar-refractivity contribution in [2.24, 2.45) is 0 Å². The Morgan fingerprint density at radius 1 is 1.50 bits per heavy atom. The molecule has 3 N–H and O–H groups in total. The fourth-order valence-corrected chi connectivity index (χ4v) is 2.32. The summed E-state index contributed by atoms with van der Waals surface area (Å²) in [6, 6.07) is 3.60. The van der Waals surface area contributed by atoms with Crippen LogP contribution in [0.15, 0.2) is 23.1 Å². The zero-order chi connectivity index (χ0) is 11.8. The predicted octanol–water partition coefficient (Wildman–Crippen LogP) is 1.30. The Hall–Kier alpha value is -1.29. The van der Waals surface area contributed by atoms with E-state index in [0.717, 1.165) is 25.7 Å². The summed E-state index contributed by atoms with van der Waals surface area (Å²) in [5.41, 5.74) is 5.20. The van der Waals surface area contributed by atoms with Gasteiger partial charge in [0.2, 0.25) is 0 Å². The van der Waals surface area contributed by atoms with Crippen molar-refractivity contribution in [1.29, 1.82) is 0 Å². The molecule has 0 unspecified atom stereocenters. The minimum Gasteiger partial charge on any atom is -0.394 e. The van der Waals surface area contributed by atoms with E-state index in [0.29, 0.717) is 5.69 Å². The maximum atomic E-state index is 11.8. The molecule has 4 heteroatoms. The number of rotatable bonds is 1. The van der Waals surface area contributed by atoms with Gasteiger partial charge in [-0.15, -0.1) is 0 Å². The van der Waals surface area contributed by atoms with Gasteiger partial charge in [0.05, 0.1) is 11.3 Å². The van der Waals surface area contributed by atoms with Crippen molar-refractivity contribution >= 4 is 5.69 Å². The standard InChI is InChI=1S/C12H18N2O2/c1-12(16)6-4-9(5-7-12)14-8-2-3-10(13)11(14)15/h2-3,8-9,16H,4-7,13H2,1H3. The van der Waals surface area contributed by atoms with Gasteiger partial charge in [0.25, 0.3) is 5.56 Å². The number of aromatic nitrogens is 1. The highest BCUT2D eigenvalue weighted by molar-refractivity contribution is 5.33. The Balaban J connectivity index is 2.21. The first kappa shape index (κ1) is 11.2. The summed E-state index contributed by atoms with van der Waals surface area (Å²) in [6.45, 7) is 1.85. The molecular formula is C12H18N2O2. The van der Waals surface area contributed by atoms with Crippen LogP contribution in [0.4, 0.5) is 5.69 Å². The fourth-order valence-electron chi connectivity index (χ4n) is 2.32. The van der Waals surface area contributed by atoms with Crippen LogP contribution in [0.2, 0.25) is 0 Å². The molecule has 1 aromatic heterocycles. The molecule has 0 spiro atoms. The van der Waals surface area contributed by atoms with Gasteiger partial charge in [-0.25, -0.2) is 0 Å². The molecule has 4 nitrogen and oxygen atoms in total. The van der Waals surface area contributed by atoms with Gasteiger partial charge in [-0.1, -0.05) is 0 Å². The molecule has 1 aliphatic carbocycles. The normalized spacial score (nSPS) is 30.2. The number of nitrogen functional groups attached to an aromatic ring is 1. The highest BCUT2D eigenvalue weighted by Gasteiger charge is 2.29. The summed E-state index contributed by atoms with van der Waals surface area (Å²) < 4.78 is 1.70. The monoisotopic (exact) mass is 222 g/mol. The van der Waals surface area contributed by atoms with Crippen LogP contribution < -0.4 is 11.3 Å². The van der Waals surface area contributed by atoms with E-state index in [1.807, 2.05) is 6.92 Å². The molecule has 0 saturated heterocycles. The minimum absolute atomic E-state index is 0.117. The molecule has 0 aromatic carbocycles. The van der Waals surface area contributed by atoms with E-state index in [1.165, 1.54) is 0 Å². The minimum atomic E-state index is -0.569. The number of hydrogen-bond acceptors (Lipinski definition) is 3. The Bertz CT molecular complexity index is 427. The van der Waals surface area contributed by atoms with Gasteiger partial charge < -0.3 is 15.4 Å². The summed E-state index contributed by atoms with van der Waals surface area (Å²) in [7, 11) is 0. The Labute approximate surface area is 94.7 Å². The van der Waals surface area contributed by atoms with Gasteiger partial charge in [-0.05, 0) is 44.7 Å². The number of nitrogens with zero attached hydrogens (tertiary/aromatic N) is 1. The van der Waals surface area contributed by atoms with E-state index in [2.05, 4.69) is 0 Å². The zero-order valence-electron chi connectivity index (χ0n) is 9.52. The third-order valence-corrected chi connectivity index (χ3v) is 3.43. The summed E-state index contributed by atoms with van der Waals surface area (Å²) >= 11 is 0. The molecular weight excluding hydrogens is 204 g/mol. The number of aliphatic hydroxyl groups is 1. The van der Waals surface area contributed by atoms with Crippen LogP contribution in [0.25, 0.3) is 0 Å². The summed E-state index contributed by atoms with van der Waals surface area (Å²) in [6.07, 6.45) is 4.91. The number of nitrogens with two attached hydrogens (primary N) is 1. The van der Waals surface area contributed by atoms with Crippen molar-refractivity contribution in [1.82, 2.24) is 4.57 Å². The average molecular weight is 222 g/mol. The Kier molecular flexibility index (Phi) is 2.76. The molecule has 1 saturated carbocycles. The van der Waals surface area contributed by atoms with Crippen molar-refractivity contribution in [3.63, 3.8) is 0 Å². The number of hydrogen-bond donors (Lipinski definition) is 2. The highest BCUT2D eigenvalue weighted by Crippen LogP contribution is 2.33. The third kappa shape index (κ3) is 2.11. The van der Waals surface area contributed by atoms with E-state index < -0.39 is 5.60 Å². The van der Waals surface area contributed by atoms with Gasteiger partial charge in [0.15, 0.2) is 0 Å². The quantitative estimate of drug-likeness (QED) is 0.752. The lowest BCUT2D eigenvalue weighted by molar-refractivity contribution is 0.00957. The van der Waals surface area contributed by atoms with Gasteiger partial charge in [0.1, 0.15) is 0 Å². The summed E-state index contributed by atoms with van der Waals surface area (Å²) in [4.78, 5) is 11.8. The number of anilines is 1. The maximum Gasteiger partial charge on any atom is 0.273 e. The second-order valence-corrected chi connectivity index (χ2v) is 4.90. The van der Waals surface area contributed by atoms with Crippen molar-refractivity contribution in [2.45, 2.75) is 44.2 Å². The van der Waals surface area contributed by atoms with Crippen molar-refractivity contribution in [2.75, 3.05) is 5.73 Å². The lowest BCUT2D eigenvalue weighted by atomic mass is 9.83. The van der Waals surface area contributed by atoms with E-state index in [-0.39, 0.29) is 11.6 Å². The van der Waals surface area contributed by atoms with E-state index in [4.69, 9.17) is 5.73 Å². The van der Waals surface area contributed by atoms with Crippen LogP contribution in [0.5, 0.6) is 0 Å². The molecule has 2 rings (SSSR count).